The maximum atomic E-state index is 13.2. The average molecular weight is 402 g/mol. The lowest BCUT2D eigenvalue weighted by molar-refractivity contribution is -0.141. The highest BCUT2D eigenvalue weighted by molar-refractivity contribution is 6.05. The second-order valence-corrected chi connectivity index (χ2v) is 6.64. The maximum absolute atomic E-state index is 13.2. The fraction of sp³-hybridized carbons (Fsp3) is 0.238. The number of pyridine rings is 1. The van der Waals surface area contributed by atoms with Crippen LogP contribution in [0, 0.1) is 0 Å². The first-order valence-electron chi connectivity index (χ1n) is 8.99. The van der Waals surface area contributed by atoms with Crippen LogP contribution in [0.1, 0.15) is 15.9 Å². The predicted molar refractivity (Wildman–Crippen MR) is 100.0 cm³/mol. The zero-order valence-electron chi connectivity index (χ0n) is 15.3. The number of rotatable bonds is 4. The molecule has 150 valence electrons. The van der Waals surface area contributed by atoms with Crippen LogP contribution in [0.5, 0.6) is 11.5 Å². The van der Waals surface area contributed by atoms with Crippen LogP contribution in [0.2, 0.25) is 0 Å². The van der Waals surface area contributed by atoms with Crippen molar-refractivity contribution in [2.75, 3.05) is 19.8 Å². The van der Waals surface area contributed by atoms with Gasteiger partial charge in [-0.25, -0.2) is 0 Å². The van der Waals surface area contributed by atoms with E-state index in [1.54, 1.807) is 42.5 Å². The number of para-hydroxylation sites is 1. The predicted octanol–water partition coefficient (Wildman–Crippen LogP) is 4.21. The van der Waals surface area contributed by atoms with Crippen molar-refractivity contribution in [2.24, 2.45) is 0 Å². The summed E-state index contributed by atoms with van der Waals surface area (Å²) in [5.41, 5.74) is 1.01. The fourth-order valence-corrected chi connectivity index (χ4v) is 3.27. The zero-order valence-corrected chi connectivity index (χ0v) is 15.3. The molecule has 0 saturated carbocycles. The third kappa shape index (κ3) is 4.26. The smallest absolute Gasteiger partial charge is 0.406 e. The van der Waals surface area contributed by atoms with Gasteiger partial charge in [0, 0.05) is 18.1 Å². The lowest BCUT2D eigenvalue weighted by atomic mass is 10.1. The largest absolute Gasteiger partial charge is 0.486 e. The Labute approximate surface area is 164 Å². The van der Waals surface area contributed by atoms with Crippen molar-refractivity contribution < 1.29 is 27.4 Å². The molecule has 0 atom stereocenters. The maximum Gasteiger partial charge on any atom is 0.406 e. The highest BCUT2D eigenvalue weighted by Crippen LogP contribution is 2.32. The summed E-state index contributed by atoms with van der Waals surface area (Å²) in [6, 6.07) is 13.2. The first-order chi connectivity index (χ1) is 13.9. The fourth-order valence-electron chi connectivity index (χ4n) is 3.27. The molecule has 5 nitrogen and oxygen atoms in total. The molecular formula is C21H17F3N2O3. The minimum atomic E-state index is -4.54. The van der Waals surface area contributed by atoms with Crippen LogP contribution in [0.3, 0.4) is 0 Å². The molecule has 0 saturated heterocycles. The molecule has 0 aliphatic carbocycles. The Morgan fingerprint density at radius 3 is 2.59 bits per heavy atom. The van der Waals surface area contributed by atoms with Crippen LogP contribution in [0.4, 0.5) is 13.2 Å². The third-order valence-corrected chi connectivity index (χ3v) is 4.50. The molecule has 1 aliphatic rings. The third-order valence-electron chi connectivity index (χ3n) is 4.50. The molecule has 0 unspecified atom stereocenters. The SMILES string of the molecule is O=C(c1cccc2cccnc12)N(Cc1ccc2c(c1)OCCO2)CC(F)(F)F. The molecule has 2 heterocycles. The number of fused-ring (bicyclic) bond motifs is 2. The van der Waals surface area contributed by atoms with Crippen LogP contribution in [-0.2, 0) is 6.54 Å². The number of alkyl halides is 3. The molecular weight excluding hydrogens is 385 g/mol. The van der Waals surface area contributed by atoms with E-state index < -0.39 is 18.6 Å². The number of aromatic nitrogens is 1. The molecule has 1 amide bonds. The van der Waals surface area contributed by atoms with Crippen LogP contribution in [-0.4, -0.2) is 41.7 Å². The molecule has 0 fully saturated rings. The molecule has 0 bridgehead atoms. The Kier molecular flexibility index (Phi) is 5.00. The van der Waals surface area contributed by atoms with E-state index in [2.05, 4.69) is 4.98 Å². The van der Waals surface area contributed by atoms with Gasteiger partial charge in [0.2, 0.25) is 0 Å². The van der Waals surface area contributed by atoms with Crippen molar-refractivity contribution in [3.8, 4) is 11.5 Å². The van der Waals surface area contributed by atoms with Gasteiger partial charge in [-0.3, -0.25) is 9.78 Å². The van der Waals surface area contributed by atoms with Crippen LogP contribution in [0.15, 0.2) is 54.7 Å². The molecule has 8 heteroatoms. The summed E-state index contributed by atoms with van der Waals surface area (Å²) < 4.78 is 50.6. The van der Waals surface area contributed by atoms with Gasteiger partial charge in [0.1, 0.15) is 19.8 Å². The van der Waals surface area contributed by atoms with Gasteiger partial charge < -0.3 is 14.4 Å². The minimum Gasteiger partial charge on any atom is -0.486 e. The van der Waals surface area contributed by atoms with E-state index in [9.17, 15) is 18.0 Å². The lowest BCUT2D eigenvalue weighted by Gasteiger charge is -2.25. The van der Waals surface area contributed by atoms with E-state index in [4.69, 9.17) is 9.47 Å². The van der Waals surface area contributed by atoms with Crippen molar-refractivity contribution in [3.05, 3.63) is 65.9 Å². The summed E-state index contributed by atoms with van der Waals surface area (Å²) in [6.45, 7) is -0.815. The van der Waals surface area contributed by atoms with E-state index in [0.29, 0.717) is 41.2 Å². The normalized spacial score (nSPS) is 13.3. The standard InChI is InChI=1S/C21H17F3N2O3/c22-21(23,24)13-26(12-14-6-7-17-18(11-14)29-10-9-28-17)20(27)16-5-1-3-15-4-2-8-25-19(15)16/h1-8,11H,9-10,12-13H2. The van der Waals surface area contributed by atoms with E-state index in [1.165, 1.54) is 12.3 Å². The monoisotopic (exact) mass is 402 g/mol. The van der Waals surface area contributed by atoms with Gasteiger partial charge in [0.15, 0.2) is 11.5 Å². The van der Waals surface area contributed by atoms with Gasteiger partial charge in [-0.05, 0) is 29.8 Å². The zero-order chi connectivity index (χ0) is 20.4. The number of benzene rings is 2. The first-order valence-corrected chi connectivity index (χ1v) is 8.99. The van der Waals surface area contributed by atoms with Crippen LogP contribution >= 0.6 is 0 Å². The Hall–Kier alpha value is -3.29. The Morgan fingerprint density at radius 1 is 1.03 bits per heavy atom. The Bertz CT molecular complexity index is 1050. The first kappa shape index (κ1) is 19.0. The summed E-state index contributed by atoms with van der Waals surface area (Å²) >= 11 is 0. The van der Waals surface area contributed by atoms with Gasteiger partial charge >= 0.3 is 6.18 Å². The number of amides is 1. The summed E-state index contributed by atoms with van der Waals surface area (Å²) in [5, 5.41) is 0.685. The molecule has 1 aromatic heterocycles. The topological polar surface area (TPSA) is 51.7 Å². The van der Waals surface area contributed by atoms with Gasteiger partial charge in [0.05, 0.1) is 11.1 Å². The van der Waals surface area contributed by atoms with Crippen molar-refractivity contribution >= 4 is 16.8 Å². The molecule has 0 N–H and O–H groups in total. The van der Waals surface area contributed by atoms with Crippen molar-refractivity contribution in [1.29, 1.82) is 0 Å². The number of carbonyl (C=O) groups excluding carboxylic acids is 1. The Morgan fingerprint density at radius 2 is 1.79 bits per heavy atom. The summed E-state index contributed by atoms with van der Waals surface area (Å²) in [6.07, 6.45) is -3.03. The second-order valence-electron chi connectivity index (χ2n) is 6.64. The van der Waals surface area contributed by atoms with E-state index in [1.807, 2.05) is 0 Å². The number of nitrogens with zero attached hydrogens (tertiary/aromatic N) is 2. The van der Waals surface area contributed by atoms with Crippen LogP contribution < -0.4 is 9.47 Å². The van der Waals surface area contributed by atoms with Gasteiger partial charge in [-0.2, -0.15) is 13.2 Å². The molecule has 29 heavy (non-hydrogen) atoms. The molecule has 0 spiro atoms. The van der Waals surface area contributed by atoms with Gasteiger partial charge in [0.25, 0.3) is 5.91 Å². The minimum absolute atomic E-state index is 0.130. The van der Waals surface area contributed by atoms with E-state index in [0.717, 1.165) is 4.90 Å². The van der Waals surface area contributed by atoms with E-state index >= 15 is 0 Å². The lowest BCUT2D eigenvalue weighted by Crippen LogP contribution is -2.38. The molecule has 1 aliphatic heterocycles. The van der Waals surface area contributed by atoms with Gasteiger partial charge in [-0.15, -0.1) is 0 Å². The van der Waals surface area contributed by atoms with Crippen molar-refractivity contribution in [2.45, 2.75) is 12.7 Å². The molecule has 0 radical (unpaired) electrons. The van der Waals surface area contributed by atoms with Crippen molar-refractivity contribution in [3.63, 3.8) is 0 Å². The van der Waals surface area contributed by atoms with Gasteiger partial charge in [-0.1, -0.05) is 24.3 Å². The van der Waals surface area contributed by atoms with Crippen molar-refractivity contribution in [1.82, 2.24) is 9.88 Å². The average Bonchev–Trinajstić information content (AvgIpc) is 2.71. The molecule has 2 aromatic carbocycles. The van der Waals surface area contributed by atoms with E-state index in [-0.39, 0.29) is 12.1 Å². The summed E-state index contributed by atoms with van der Waals surface area (Å²) in [5.74, 6) is 0.258. The highest BCUT2D eigenvalue weighted by Gasteiger charge is 2.34. The highest BCUT2D eigenvalue weighted by atomic mass is 19.4. The van der Waals surface area contributed by atoms with Crippen LogP contribution in [0.25, 0.3) is 10.9 Å². The Balaban J connectivity index is 1.67. The number of carbonyl (C=O) groups is 1. The molecule has 3 aromatic rings. The molecule has 4 rings (SSSR count). The number of hydrogen-bond donors (Lipinski definition) is 0. The number of hydrogen-bond acceptors (Lipinski definition) is 4. The summed E-state index contributed by atoms with van der Waals surface area (Å²) in [7, 11) is 0. The number of ether oxygens (including phenoxy) is 2. The number of halogens is 3. The quantitative estimate of drug-likeness (QED) is 0.656. The second kappa shape index (κ2) is 7.62. The summed E-state index contributed by atoms with van der Waals surface area (Å²) in [4.78, 5) is 18.0.